The molecule has 0 bridgehead atoms. The number of thioether (sulfide) groups is 1. The summed E-state index contributed by atoms with van der Waals surface area (Å²) in [4.78, 5) is 33.2. The van der Waals surface area contributed by atoms with Gasteiger partial charge in [0.15, 0.2) is 5.16 Å². The summed E-state index contributed by atoms with van der Waals surface area (Å²) in [6.07, 6.45) is 6.16. The Hall–Kier alpha value is -1.30. The minimum Gasteiger partial charge on any atom is -0.339 e. The maximum atomic E-state index is 12.4. The van der Waals surface area contributed by atoms with Crippen LogP contribution in [-0.2, 0) is 11.2 Å². The summed E-state index contributed by atoms with van der Waals surface area (Å²) in [7, 11) is 0. The molecule has 0 radical (unpaired) electrons. The van der Waals surface area contributed by atoms with Crippen molar-refractivity contribution in [3.8, 4) is 0 Å². The molecule has 0 aromatic carbocycles. The molecule has 1 aromatic heterocycles. The number of carbonyl (C=O) groups is 1. The van der Waals surface area contributed by atoms with Gasteiger partial charge < -0.3 is 9.88 Å². The molecule has 1 aliphatic heterocycles. The van der Waals surface area contributed by atoms with Crippen molar-refractivity contribution in [3.63, 3.8) is 0 Å². The van der Waals surface area contributed by atoms with Crippen molar-refractivity contribution in [2.24, 2.45) is 0 Å². The topological polar surface area (TPSA) is 66.1 Å². The van der Waals surface area contributed by atoms with Crippen molar-refractivity contribution < 1.29 is 4.79 Å². The van der Waals surface area contributed by atoms with Gasteiger partial charge in [-0.15, -0.1) is 0 Å². The summed E-state index contributed by atoms with van der Waals surface area (Å²) in [5.41, 5.74) is 0.656. The van der Waals surface area contributed by atoms with Crippen molar-refractivity contribution in [1.29, 1.82) is 0 Å². The number of aromatic nitrogens is 2. The van der Waals surface area contributed by atoms with E-state index in [2.05, 4.69) is 23.8 Å². The van der Waals surface area contributed by atoms with E-state index in [4.69, 9.17) is 0 Å². The van der Waals surface area contributed by atoms with Gasteiger partial charge in [-0.25, -0.2) is 4.98 Å². The Morgan fingerprint density at radius 1 is 1.45 bits per heavy atom. The molecule has 2 rings (SSSR count). The van der Waals surface area contributed by atoms with Gasteiger partial charge >= 0.3 is 0 Å². The Labute approximate surface area is 135 Å². The molecule has 5 nitrogen and oxygen atoms in total. The Bertz CT molecular complexity index is 559. The highest BCUT2D eigenvalue weighted by atomic mass is 32.2. The van der Waals surface area contributed by atoms with Gasteiger partial charge in [-0.05, 0) is 32.1 Å². The Morgan fingerprint density at radius 2 is 2.27 bits per heavy atom. The van der Waals surface area contributed by atoms with Crippen molar-refractivity contribution >= 4 is 17.7 Å². The molecule has 1 fully saturated rings. The smallest absolute Gasteiger partial charge is 0.251 e. The first kappa shape index (κ1) is 17.1. The van der Waals surface area contributed by atoms with Gasteiger partial charge in [-0.1, -0.05) is 32.0 Å². The highest BCUT2D eigenvalue weighted by Crippen LogP contribution is 2.21. The molecular formula is C16H25N3O2S. The molecule has 0 saturated carbocycles. The lowest BCUT2D eigenvalue weighted by Gasteiger charge is -2.35. The van der Waals surface area contributed by atoms with Gasteiger partial charge in [0.05, 0.1) is 5.75 Å². The van der Waals surface area contributed by atoms with Crippen LogP contribution in [0.5, 0.6) is 0 Å². The fourth-order valence-electron chi connectivity index (χ4n) is 2.90. The minimum absolute atomic E-state index is 0.141. The third-order valence-electron chi connectivity index (χ3n) is 4.03. The summed E-state index contributed by atoms with van der Waals surface area (Å²) in [6, 6.07) is 1.91. The molecule has 1 N–H and O–H groups in total. The summed E-state index contributed by atoms with van der Waals surface area (Å²) in [6.45, 7) is 5.05. The second-order valence-electron chi connectivity index (χ2n) is 5.73. The van der Waals surface area contributed by atoms with Crippen LogP contribution < -0.4 is 5.56 Å². The number of aromatic amines is 1. The van der Waals surface area contributed by atoms with Gasteiger partial charge in [0.25, 0.3) is 5.56 Å². The number of nitrogens with one attached hydrogen (secondary N) is 1. The van der Waals surface area contributed by atoms with Crippen molar-refractivity contribution in [2.75, 3.05) is 12.3 Å². The van der Waals surface area contributed by atoms with Crippen LogP contribution in [-0.4, -0.2) is 39.1 Å². The molecule has 1 atom stereocenters. The zero-order valence-electron chi connectivity index (χ0n) is 13.4. The van der Waals surface area contributed by atoms with Crippen LogP contribution in [0, 0.1) is 0 Å². The third kappa shape index (κ3) is 4.60. The Morgan fingerprint density at radius 3 is 3.00 bits per heavy atom. The molecule has 122 valence electrons. The van der Waals surface area contributed by atoms with Crippen molar-refractivity contribution in [3.05, 3.63) is 22.1 Å². The number of carbonyl (C=O) groups excluding carboxylic acids is 1. The zero-order valence-corrected chi connectivity index (χ0v) is 14.2. The van der Waals surface area contributed by atoms with E-state index in [-0.39, 0.29) is 11.5 Å². The largest absolute Gasteiger partial charge is 0.339 e. The van der Waals surface area contributed by atoms with E-state index in [9.17, 15) is 9.59 Å². The fraction of sp³-hybridized carbons (Fsp3) is 0.688. The summed E-state index contributed by atoms with van der Waals surface area (Å²) >= 11 is 1.33. The molecule has 6 heteroatoms. The molecule has 0 unspecified atom stereocenters. The fourth-order valence-corrected chi connectivity index (χ4v) is 3.68. The monoisotopic (exact) mass is 323 g/mol. The van der Waals surface area contributed by atoms with E-state index in [1.54, 1.807) is 0 Å². The SMILES string of the molecule is CCCc1cc(=O)[nH]c(SCC(=O)N2CCCC[C@@H]2CC)n1. The van der Waals surface area contributed by atoms with E-state index in [1.165, 1.54) is 24.2 Å². The van der Waals surface area contributed by atoms with Gasteiger partial charge in [0.2, 0.25) is 5.91 Å². The lowest BCUT2D eigenvalue weighted by atomic mass is 10.0. The molecule has 22 heavy (non-hydrogen) atoms. The second kappa shape index (κ2) is 8.36. The van der Waals surface area contributed by atoms with Gasteiger partial charge in [-0.2, -0.15) is 0 Å². The number of aryl methyl sites for hydroxylation is 1. The number of hydrogen-bond acceptors (Lipinski definition) is 4. The van der Waals surface area contributed by atoms with Crippen LogP contribution in [0.2, 0.25) is 0 Å². The normalized spacial score (nSPS) is 18.5. The minimum atomic E-state index is -0.141. The van der Waals surface area contributed by atoms with Gasteiger partial charge in [-0.3, -0.25) is 9.59 Å². The molecular weight excluding hydrogens is 298 g/mol. The molecule has 1 aromatic rings. The number of hydrogen-bond donors (Lipinski definition) is 1. The van der Waals surface area contributed by atoms with E-state index < -0.39 is 0 Å². The average molecular weight is 323 g/mol. The van der Waals surface area contributed by atoms with Gasteiger partial charge in [0, 0.05) is 24.3 Å². The first-order valence-corrected chi connectivity index (χ1v) is 9.15. The molecule has 0 aliphatic carbocycles. The van der Waals surface area contributed by atoms with Crippen LogP contribution in [0.1, 0.15) is 51.6 Å². The Kier molecular flexibility index (Phi) is 6.49. The predicted octanol–water partition coefficient (Wildman–Crippen LogP) is 2.61. The van der Waals surface area contributed by atoms with Crippen LogP contribution in [0.15, 0.2) is 16.0 Å². The quantitative estimate of drug-likeness (QED) is 0.645. The van der Waals surface area contributed by atoms with E-state index in [0.717, 1.165) is 44.3 Å². The molecule has 0 spiro atoms. The lowest BCUT2D eigenvalue weighted by molar-refractivity contribution is -0.132. The lowest BCUT2D eigenvalue weighted by Crippen LogP contribution is -2.44. The molecule has 1 amide bonds. The number of rotatable bonds is 6. The summed E-state index contributed by atoms with van der Waals surface area (Å²) in [5, 5.41) is 0.550. The molecule has 1 saturated heterocycles. The number of nitrogens with zero attached hydrogens (tertiary/aromatic N) is 2. The predicted molar refractivity (Wildman–Crippen MR) is 89.2 cm³/mol. The zero-order chi connectivity index (χ0) is 15.9. The number of H-pyrrole nitrogens is 1. The maximum Gasteiger partial charge on any atom is 0.251 e. The summed E-state index contributed by atoms with van der Waals surface area (Å²) < 4.78 is 0. The highest BCUT2D eigenvalue weighted by molar-refractivity contribution is 7.99. The molecule has 2 heterocycles. The molecule has 1 aliphatic rings. The second-order valence-corrected chi connectivity index (χ2v) is 6.69. The Balaban J connectivity index is 1.97. The maximum absolute atomic E-state index is 12.4. The number of likely N-dealkylation sites (tertiary alicyclic amines) is 1. The average Bonchev–Trinajstić information content (AvgIpc) is 2.52. The van der Waals surface area contributed by atoms with Gasteiger partial charge in [0.1, 0.15) is 0 Å². The van der Waals surface area contributed by atoms with Crippen LogP contribution in [0.25, 0.3) is 0 Å². The van der Waals surface area contributed by atoms with E-state index >= 15 is 0 Å². The van der Waals surface area contributed by atoms with Crippen LogP contribution >= 0.6 is 11.8 Å². The number of amides is 1. The van der Waals surface area contributed by atoms with Crippen LogP contribution in [0.3, 0.4) is 0 Å². The first-order valence-electron chi connectivity index (χ1n) is 8.16. The first-order chi connectivity index (χ1) is 10.6. The van der Waals surface area contributed by atoms with E-state index in [1.807, 2.05) is 4.90 Å². The van der Waals surface area contributed by atoms with Crippen molar-refractivity contribution in [1.82, 2.24) is 14.9 Å². The standard InChI is InChI=1S/C16H25N3O2S/c1-3-7-12-10-14(20)18-16(17-12)22-11-15(21)19-9-6-5-8-13(19)4-2/h10,13H,3-9,11H2,1-2H3,(H,17,18,20)/t13-/m0/s1. The number of piperidine rings is 1. The summed E-state index contributed by atoms with van der Waals surface area (Å²) in [5.74, 6) is 0.495. The van der Waals surface area contributed by atoms with Crippen molar-refractivity contribution in [2.45, 2.75) is 63.6 Å². The third-order valence-corrected chi connectivity index (χ3v) is 4.89. The highest BCUT2D eigenvalue weighted by Gasteiger charge is 2.25. The van der Waals surface area contributed by atoms with Crippen LogP contribution in [0.4, 0.5) is 0 Å². The van der Waals surface area contributed by atoms with E-state index in [0.29, 0.717) is 17.0 Å².